The average molecular weight is 888 g/mol. The molecule has 0 unspecified atom stereocenters. The third-order valence-corrected chi connectivity index (χ3v) is 13.1. The fourth-order valence-electron chi connectivity index (χ4n) is 5.61. The van der Waals surface area contributed by atoms with Gasteiger partial charge in [0.15, 0.2) is 11.4 Å². The van der Waals surface area contributed by atoms with Crippen molar-refractivity contribution in [3.05, 3.63) is 105 Å². The minimum absolute atomic E-state index is 0.00768. The van der Waals surface area contributed by atoms with Gasteiger partial charge in [0.1, 0.15) is 21.3 Å². The molecule has 0 aliphatic heterocycles. The molecule has 59 heavy (non-hydrogen) atoms. The molecule has 0 saturated carbocycles. The number of hydrazone groups is 2. The van der Waals surface area contributed by atoms with Gasteiger partial charge in [0.25, 0.3) is 20.2 Å². The number of ketones is 2. The van der Waals surface area contributed by atoms with Crippen LogP contribution in [-0.2, 0) is 40.3 Å². The minimum atomic E-state index is -5.12. The van der Waals surface area contributed by atoms with Gasteiger partial charge in [-0.15, -0.1) is 0 Å². The average Bonchev–Trinajstić information content (AvgIpc) is 3.17. The lowest BCUT2D eigenvalue weighted by molar-refractivity contribution is 0.105. The van der Waals surface area contributed by atoms with Crippen molar-refractivity contribution in [1.29, 1.82) is 0 Å². The summed E-state index contributed by atoms with van der Waals surface area (Å²) in [6.45, 7) is 0. The van der Waals surface area contributed by atoms with Gasteiger partial charge in [0, 0.05) is 22.5 Å². The van der Waals surface area contributed by atoms with Crippen LogP contribution >= 0.6 is 0 Å². The first-order chi connectivity index (χ1) is 27.5. The normalized spacial score (nSPS) is 15.9. The molecule has 0 spiro atoms. The van der Waals surface area contributed by atoms with Crippen LogP contribution in [0, 0.1) is 0 Å². The van der Waals surface area contributed by atoms with Crippen LogP contribution in [0.4, 0.5) is 22.7 Å². The van der Waals surface area contributed by atoms with Crippen molar-refractivity contribution in [2.75, 3.05) is 30.3 Å². The summed E-state index contributed by atoms with van der Waals surface area (Å²) in [7, 11) is -15.9. The van der Waals surface area contributed by atoms with Crippen molar-refractivity contribution in [3.63, 3.8) is 0 Å². The summed E-state index contributed by atoms with van der Waals surface area (Å²) < 4.78 is 123. The van der Waals surface area contributed by atoms with E-state index in [0.29, 0.717) is 0 Å². The number of phenols is 2. The smallest absolute Gasteiger partial charge is 0.296 e. The second-order valence-corrected chi connectivity index (χ2v) is 18.8. The second kappa shape index (κ2) is 15.5. The number of Topliss-reactive ketones (excluding diaryl/α,β-unsaturated/α-hetero) is 2. The quantitative estimate of drug-likeness (QED) is 0.0560. The molecule has 9 N–H and O–H groups in total. The summed E-state index contributed by atoms with van der Waals surface area (Å²) in [6, 6.07) is 14.2. The Balaban J connectivity index is 1.30. The fourth-order valence-corrected chi connectivity index (χ4v) is 8.44. The summed E-state index contributed by atoms with van der Waals surface area (Å²) >= 11 is 0. The van der Waals surface area contributed by atoms with Crippen molar-refractivity contribution in [3.8, 4) is 11.5 Å². The number of phenolic OH excluding ortho intramolecular Hbond substituents is 2. The Morgan fingerprint density at radius 1 is 0.525 bits per heavy atom. The van der Waals surface area contributed by atoms with Crippen LogP contribution in [-0.4, -0.2) is 90.1 Å². The molecule has 6 rings (SSSR count). The number of hydrogen-bond donors (Lipinski definition) is 9. The third-order valence-electron chi connectivity index (χ3n) is 8.58. The van der Waals surface area contributed by atoms with Gasteiger partial charge < -0.3 is 15.5 Å². The number of carbonyl (C=O) groups is 2. The highest BCUT2D eigenvalue weighted by Crippen LogP contribution is 2.34. The lowest BCUT2D eigenvalue weighted by Gasteiger charge is -2.19. The maximum absolute atomic E-state index is 13.5. The molecule has 0 radical (unpaired) electrons. The molecule has 4 aromatic carbocycles. The predicted octanol–water partition coefficient (Wildman–Crippen LogP) is 2.44. The summed E-state index contributed by atoms with van der Waals surface area (Å²) in [5.41, 5.74) is 2.56. The van der Waals surface area contributed by atoms with Crippen molar-refractivity contribution in [1.82, 2.24) is 9.44 Å². The predicted molar refractivity (Wildman–Crippen MR) is 215 cm³/mol. The number of allylic oxidation sites excluding steroid dienone is 2. The van der Waals surface area contributed by atoms with Gasteiger partial charge >= 0.3 is 0 Å². The number of hydrogen-bond acceptors (Lipinski definition) is 17. The van der Waals surface area contributed by atoms with E-state index in [1.807, 2.05) is 0 Å². The number of rotatable bonds is 12. The molecule has 0 fully saturated rings. The van der Waals surface area contributed by atoms with Crippen molar-refractivity contribution >= 4 is 98.2 Å². The van der Waals surface area contributed by atoms with Gasteiger partial charge in [-0.05, 0) is 110 Å². The molecule has 0 aromatic heterocycles. The number of benzene rings is 4. The molecule has 0 saturated heterocycles. The van der Waals surface area contributed by atoms with Gasteiger partial charge in [-0.25, -0.2) is 26.3 Å². The number of aromatic hydroxyl groups is 2. The summed E-state index contributed by atoms with van der Waals surface area (Å²) in [5, 5.41) is 31.0. The molecule has 0 atom stereocenters. The van der Waals surface area contributed by atoms with Gasteiger partial charge in [0.05, 0.1) is 21.2 Å². The number of nitrogens with zero attached hydrogens (tertiary/aromatic N) is 2. The van der Waals surface area contributed by atoms with Crippen LogP contribution in [0.3, 0.4) is 0 Å². The number of carbonyl (C=O) groups excluding carboxylic acids is 2. The van der Waals surface area contributed by atoms with Gasteiger partial charge in [-0.3, -0.25) is 29.5 Å². The van der Waals surface area contributed by atoms with E-state index in [4.69, 9.17) is 0 Å². The first kappa shape index (κ1) is 42.3. The van der Waals surface area contributed by atoms with E-state index in [1.54, 1.807) is 0 Å². The third kappa shape index (κ3) is 8.61. The Morgan fingerprint density at radius 3 is 1.24 bits per heavy atom. The number of anilines is 4. The van der Waals surface area contributed by atoms with E-state index >= 15 is 0 Å². The van der Waals surface area contributed by atoms with Gasteiger partial charge in [-0.2, -0.15) is 27.0 Å². The number of sulfonamides is 2. The fraction of sp³-hybridized carbons (Fsp3) is 0.0588. The van der Waals surface area contributed by atoms with E-state index in [1.165, 1.54) is 36.4 Å². The molecule has 4 aromatic rings. The zero-order chi connectivity index (χ0) is 43.2. The van der Waals surface area contributed by atoms with Crippen LogP contribution in [0.5, 0.6) is 11.5 Å². The molecule has 308 valence electrons. The first-order valence-electron chi connectivity index (χ1n) is 16.3. The lowest BCUT2D eigenvalue weighted by atomic mass is 9.93. The van der Waals surface area contributed by atoms with E-state index < -0.39 is 84.6 Å². The highest BCUT2D eigenvalue weighted by Gasteiger charge is 2.35. The molecule has 21 nitrogen and oxygen atoms in total. The zero-order valence-corrected chi connectivity index (χ0v) is 33.2. The van der Waals surface area contributed by atoms with E-state index in [0.717, 1.165) is 62.6 Å². The molecule has 0 amide bonds. The maximum atomic E-state index is 13.5. The molecule has 2 aliphatic rings. The second-order valence-electron chi connectivity index (χ2n) is 12.3. The summed E-state index contributed by atoms with van der Waals surface area (Å²) in [4.78, 5) is 24.6. The van der Waals surface area contributed by atoms with E-state index in [2.05, 4.69) is 35.8 Å². The molecule has 0 heterocycles. The topological polar surface area (TPSA) is 336 Å². The number of nitrogens with one attached hydrogen (secondary N) is 5. The maximum Gasteiger partial charge on any atom is 0.296 e. The number of fused-ring (bicyclic) bond motifs is 2. The SMILES string of the molecule is CNS(=O)(=O)c1ccc(O)c(NN=C2C(=O)c3ccc(Nc4ccc5c(c4)C=C(S(=O)(=O)O)C(=NNc4cc(S(=O)(=O)NC)ccc4O)C5=O)cc3C=C2S(=O)(=O)O)c1. The monoisotopic (exact) mass is 887 g/mol. The standard InChI is InChI=1S/C34H29N7O14S4/c1-35-56(46,47)21-5-9-27(42)25(15-21)38-40-31-29(58(50,51)52)13-17-11-19(3-7-23(17)33(31)44)37-20-4-8-24-18(12-20)14-30(59(53,54)55)32(34(24)45)41-39-26-16-22(6-10-28(26)43)57(48,49)36-2/h3-16,35-39,42-43H,1-2H3,(H,50,51,52)(H,53,54,55). The molecular formula is C34H29N7O14S4. The van der Waals surface area contributed by atoms with Crippen LogP contribution in [0.25, 0.3) is 12.2 Å². The lowest BCUT2D eigenvalue weighted by Crippen LogP contribution is -2.27. The van der Waals surface area contributed by atoms with Crippen LogP contribution in [0.15, 0.2) is 103 Å². The minimum Gasteiger partial charge on any atom is -0.506 e. The Labute approximate surface area is 335 Å². The molecule has 2 aliphatic carbocycles. The highest BCUT2D eigenvalue weighted by molar-refractivity contribution is 7.91. The highest BCUT2D eigenvalue weighted by atomic mass is 32.2. The van der Waals surface area contributed by atoms with Gasteiger partial charge in [0.2, 0.25) is 31.6 Å². The Kier molecular flexibility index (Phi) is 11.1. The van der Waals surface area contributed by atoms with Crippen molar-refractivity contribution in [2.45, 2.75) is 9.79 Å². The van der Waals surface area contributed by atoms with Crippen LogP contribution < -0.4 is 25.6 Å². The molecular weight excluding hydrogens is 859 g/mol. The molecule has 0 bridgehead atoms. The summed E-state index contributed by atoms with van der Waals surface area (Å²) in [5.74, 6) is -2.99. The Bertz CT molecular complexity index is 2880. The Morgan fingerprint density at radius 2 is 0.898 bits per heavy atom. The zero-order valence-electron chi connectivity index (χ0n) is 30.0. The largest absolute Gasteiger partial charge is 0.506 e. The summed E-state index contributed by atoms with van der Waals surface area (Å²) in [6.07, 6.45) is 1.88. The first-order valence-corrected chi connectivity index (χ1v) is 22.1. The van der Waals surface area contributed by atoms with E-state index in [9.17, 15) is 62.6 Å². The van der Waals surface area contributed by atoms with Crippen LogP contribution in [0.2, 0.25) is 0 Å². The molecule has 25 heteroatoms. The van der Waals surface area contributed by atoms with Gasteiger partial charge in [-0.1, -0.05) is 0 Å². The van der Waals surface area contributed by atoms with Crippen LogP contribution in [0.1, 0.15) is 31.8 Å². The van der Waals surface area contributed by atoms with Crippen molar-refractivity contribution in [2.24, 2.45) is 10.2 Å². The Hall–Kier alpha value is -6.32. The van der Waals surface area contributed by atoms with Crippen molar-refractivity contribution < 1.29 is 62.6 Å². The van der Waals surface area contributed by atoms with E-state index in [-0.39, 0.29) is 54.8 Å².